The minimum atomic E-state index is -0.369. The SMILES string of the molecule is OC1CCOC[C@H]1[C@H]1c2c(Cl)cccc2-c2cncn21. The van der Waals surface area contributed by atoms with Crippen LogP contribution in [0.4, 0.5) is 0 Å². The number of hydrogen-bond donors (Lipinski definition) is 1. The number of aliphatic hydroxyl groups is 1. The molecule has 4 rings (SSSR count). The molecule has 1 aromatic carbocycles. The summed E-state index contributed by atoms with van der Waals surface area (Å²) in [5.41, 5.74) is 3.25. The van der Waals surface area contributed by atoms with Gasteiger partial charge in [0.15, 0.2) is 0 Å². The second-order valence-electron chi connectivity index (χ2n) is 5.43. The van der Waals surface area contributed by atoms with Gasteiger partial charge in [0.05, 0.1) is 37.0 Å². The highest BCUT2D eigenvalue weighted by Crippen LogP contribution is 2.47. The summed E-state index contributed by atoms with van der Waals surface area (Å²) in [6.45, 7) is 1.17. The van der Waals surface area contributed by atoms with Crippen molar-refractivity contribution >= 4 is 11.6 Å². The Bertz CT molecular complexity index is 655. The van der Waals surface area contributed by atoms with Crippen molar-refractivity contribution in [2.45, 2.75) is 18.6 Å². The van der Waals surface area contributed by atoms with Crippen molar-refractivity contribution in [1.82, 2.24) is 9.55 Å². The lowest BCUT2D eigenvalue weighted by Crippen LogP contribution is -2.37. The zero-order valence-corrected chi connectivity index (χ0v) is 11.6. The topological polar surface area (TPSA) is 47.3 Å². The van der Waals surface area contributed by atoms with Crippen molar-refractivity contribution in [2.24, 2.45) is 5.92 Å². The Balaban J connectivity index is 1.88. The van der Waals surface area contributed by atoms with Crippen molar-refractivity contribution in [3.63, 3.8) is 0 Å². The van der Waals surface area contributed by atoms with E-state index >= 15 is 0 Å². The number of ether oxygens (including phenoxy) is 1. The number of benzene rings is 1. The molecule has 2 aliphatic heterocycles. The van der Waals surface area contributed by atoms with Gasteiger partial charge in [0.2, 0.25) is 0 Å². The lowest BCUT2D eigenvalue weighted by atomic mass is 9.86. The average molecular weight is 291 g/mol. The lowest BCUT2D eigenvalue weighted by Gasteiger charge is -2.33. The summed E-state index contributed by atoms with van der Waals surface area (Å²) in [5, 5.41) is 11.1. The smallest absolute Gasteiger partial charge is 0.0956 e. The first-order chi connectivity index (χ1) is 9.77. The highest BCUT2D eigenvalue weighted by Gasteiger charge is 2.40. The summed E-state index contributed by atoms with van der Waals surface area (Å²) in [5.74, 6) is 0.0119. The molecule has 0 bridgehead atoms. The van der Waals surface area contributed by atoms with Crippen LogP contribution in [0.1, 0.15) is 18.0 Å². The molecule has 1 fully saturated rings. The van der Waals surface area contributed by atoms with Crippen LogP contribution in [-0.2, 0) is 4.74 Å². The Kier molecular flexibility index (Phi) is 2.84. The molecule has 0 amide bonds. The average Bonchev–Trinajstić information content (AvgIpc) is 3.01. The maximum atomic E-state index is 10.4. The third-order valence-electron chi connectivity index (χ3n) is 4.36. The van der Waals surface area contributed by atoms with Crippen molar-refractivity contribution < 1.29 is 9.84 Å². The number of hydrogen-bond acceptors (Lipinski definition) is 3. The van der Waals surface area contributed by atoms with Gasteiger partial charge in [0.25, 0.3) is 0 Å². The van der Waals surface area contributed by atoms with Gasteiger partial charge in [-0.05, 0) is 12.5 Å². The molecule has 1 aromatic heterocycles. The van der Waals surface area contributed by atoms with Crippen molar-refractivity contribution in [1.29, 1.82) is 0 Å². The Hall–Kier alpha value is -1.36. The van der Waals surface area contributed by atoms with Crippen LogP contribution in [0.25, 0.3) is 11.3 Å². The molecule has 3 atom stereocenters. The van der Waals surface area contributed by atoms with Gasteiger partial charge < -0.3 is 14.4 Å². The highest BCUT2D eigenvalue weighted by molar-refractivity contribution is 6.32. The normalized spacial score (nSPS) is 28.2. The molecule has 104 valence electrons. The molecule has 0 spiro atoms. The molecule has 1 N–H and O–H groups in total. The molecule has 5 heteroatoms. The summed E-state index contributed by atoms with van der Waals surface area (Å²) in [6, 6.07) is 5.93. The predicted molar refractivity (Wildman–Crippen MR) is 75.7 cm³/mol. The molecular weight excluding hydrogens is 276 g/mol. The van der Waals surface area contributed by atoms with Crippen LogP contribution in [0.15, 0.2) is 30.7 Å². The first kappa shape index (κ1) is 12.4. The molecule has 3 heterocycles. The fourth-order valence-corrected chi connectivity index (χ4v) is 3.69. The Morgan fingerprint density at radius 3 is 3.15 bits per heavy atom. The van der Waals surface area contributed by atoms with Gasteiger partial charge in [-0.1, -0.05) is 23.7 Å². The maximum absolute atomic E-state index is 10.4. The van der Waals surface area contributed by atoms with Crippen LogP contribution in [0.3, 0.4) is 0 Å². The molecule has 1 saturated heterocycles. The number of imidazole rings is 1. The van der Waals surface area contributed by atoms with E-state index in [-0.39, 0.29) is 18.1 Å². The van der Waals surface area contributed by atoms with Crippen LogP contribution in [0.2, 0.25) is 5.02 Å². The van der Waals surface area contributed by atoms with Gasteiger partial charge in [0, 0.05) is 28.7 Å². The predicted octanol–water partition coefficient (Wildman–Crippen LogP) is 2.50. The lowest BCUT2D eigenvalue weighted by molar-refractivity contribution is -0.0481. The summed E-state index contributed by atoms with van der Waals surface area (Å²) < 4.78 is 7.68. The van der Waals surface area contributed by atoms with E-state index in [1.54, 1.807) is 0 Å². The molecular formula is C15H15ClN2O2. The van der Waals surface area contributed by atoms with E-state index in [9.17, 15) is 5.11 Å². The minimum Gasteiger partial charge on any atom is -0.393 e. The van der Waals surface area contributed by atoms with Crippen LogP contribution in [-0.4, -0.2) is 34.0 Å². The first-order valence-electron chi connectivity index (χ1n) is 6.84. The number of nitrogens with zero attached hydrogens (tertiary/aromatic N) is 2. The van der Waals surface area contributed by atoms with Crippen molar-refractivity contribution in [2.75, 3.05) is 13.2 Å². The number of aromatic nitrogens is 2. The summed E-state index contributed by atoms with van der Waals surface area (Å²) in [4.78, 5) is 4.24. The molecule has 0 aliphatic carbocycles. The second-order valence-corrected chi connectivity index (χ2v) is 5.83. The van der Waals surface area contributed by atoms with Gasteiger partial charge in [-0.15, -0.1) is 0 Å². The van der Waals surface area contributed by atoms with E-state index in [0.717, 1.165) is 21.8 Å². The molecule has 2 aliphatic rings. The van der Waals surface area contributed by atoms with E-state index in [4.69, 9.17) is 16.3 Å². The summed E-state index contributed by atoms with van der Waals surface area (Å²) in [7, 11) is 0. The van der Waals surface area contributed by atoms with Crippen LogP contribution in [0.5, 0.6) is 0 Å². The Labute approximate surface area is 122 Å². The molecule has 0 saturated carbocycles. The van der Waals surface area contributed by atoms with Gasteiger partial charge >= 0.3 is 0 Å². The van der Waals surface area contributed by atoms with E-state index in [1.807, 2.05) is 24.7 Å². The third-order valence-corrected chi connectivity index (χ3v) is 4.69. The zero-order valence-electron chi connectivity index (χ0n) is 10.9. The van der Waals surface area contributed by atoms with Crippen LogP contribution in [0, 0.1) is 5.92 Å². The molecule has 0 radical (unpaired) electrons. The summed E-state index contributed by atoms with van der Waals surface area (Å²) in [6.07, 6.45) is 3.97. The standard InChI is InChI=1S/C15H15ClN2O2/c16-11-3-1-2-9-12-6-17-8-18(12)15(14(9)11)10-7-20-5-4-13(10)19/h1-3,6,8,10,13,15,19H,4-5,7H2/t10-,13?,15+/m1/s1. The Morgan fingerprint density at radius 1 is 1.40 bits per heavy atom. The fraction of sp³-hybridized carbons (Fsp3) is 0.400. The number of halogens is 1. The third kappa shape index (κ3) is 1.65. The number of fused-ring (bicyclic) bond motifs is 3. The monoisotopic (exact) mass is 290 g/mol. The van der Waals surface area contributed by atoms with E-state index < -0.39 is 0 Å². The zero-order chi connectivity index (χ0) is 13.7. The summed E-state index contributed by atoms with van der Waals surface area (Å²) >= 11 is 6.42. The second kappa shape index (κ2) is 4.58. The Morgan fingerprint density at radius 2 is 2.30 bits per heavy atom. The highest BCUT2D eigenvalue weighted by atomic mass is 35.5. The van der Waals surface area contributed by atoms with Gasteiger partial charge in [-0.25, -0.2) is 4.98 Å². The van der Waals surface area contributed by atoms with Crippen LogP contribution >= 0.6 is 11.6 Å². The van der Waals surface area contributed by atoms with Gasteiger partial charge in [-0.3, -0.25) is 0 Å². The van der Waals surface area contributed by atoms with Crippen molar-refractivity contribution in [3.05, 3.63) is 41.3 Å². The fourth-order valence-electron chi connectivity index (χ4n) is 3.41. The quantitative estimate of drug-likeness (QED) is 0.878. The maximum Gasteiger partial charge on any atom is 0.0956 e. The molecule has 2 aromatic rings. The molecule has 1 unspecified atom stereocenters. The molecule has 4 nitrogen and oxygen atoms in total. The van der Waals surface area contributed by atoms with E-state index in [0.29, 0.717) is 19.6 Å². The van der Waals surface area contributed by atoms with Gasteiger partial charge in [-0.2, -0.15) is 0 Å². The van der Waals surface area contributed by atoms with E-state index in [1.165, 1.54) is 0 Å². The van der Waals surface area contributed by atoms with Crippen molar-refractivity contribution in [3.8, 4) is 11.3 Å². The number of aliphatic hydroxyl groups excluding tert-OH is 1. The van der Waals surface area contributed by atoms with Gasteiger partial charge in [0.1, 0.15) is 0 Å². The van der Waals surface area contributed by atoms with E-state index in [2.05, 4.69) is 15.6 Å². The first-order valence-corrected chi connectivity index (χ1v) is 7.21. The van der Waals surface area contributed by atoms with Crippen LogP contribution < -0.4 is 0 Å². The molecule has 20 heavy (non-hydrogen) atoms. The largest absolute Gasteiger partial charge is 0.393 e. The minimum absolute atomic E-state index is 0.00602. The number of rotatable bonds is 1.